The molecule has 0 aliphatic carbocycles. The van der Waals surface area contributed by atoms with Crippen LogP contribution in [0.25, 0.3) is 22.0 Å². The topological polar surface area (TPSA) is 115 Å². The summed E-state index contributed by atoms with van der Waals surface area (Å²) in [7, 11) is -2.02. The van der Waals surface area contributed by atoms with Crippen molar-refractivity contribution >= 4 is 20.7 Å². The van der Waals surface area contributed by atoms with E-state index in [0.29, 0.717) is 40.7 Å². The van der Waals surface area contributed by atoms with E-state index in [1.54, 1.807) is 13.2 Å². The van der Waals surface area contributed by atoms with Gasteiger partial charge >= 0.3 is 0 Å². The number of aryl methyl sites for hydroxylation is 3. The molecule has 0 saturated carbocycles. The number of hydrogen-bond acceptors (Lipinski definition) is 7. The van der Waals surface area contributed by atoms with Gasteiger partial charge in [0.1, 0.15) is 28.7 Å². The first kappa shape index (κ1) is 29.7. The number of ether oxygens (including phenoxy) is 1. The highest BCUT2D eigenvalue weighted by atomic mass is 32.2. The second kappa shape index (κ2) is 11.3. The summed E-state index contributed by atoms with van der Waals surface area (Å²) in [6.07, 6.45) is 4.57. The molecule has 1 saturated heterocycles. The minimum atomic E-state index is -3.62. The summed E-state index contributed by atoms with van der Waals surface area (Å²) in [5.41, 5.74) is 1.78. The van der Waals surface area contributed by atoms with Crippen LogP contribution in [0.1, 0.15) is 36.2 Å². The molecule has 1 fully saturated rings. The maximum absolute atomic E-state index is 14.6. The number of sulfone groups is 1. The molecular formula is C31H32F2N6O4S. The normalized spacial score (nSPS) is 14.9. The number of hydrogen-bond donors (Lipinski definition) is 1. The van der Waals surface area contributed by atoms with E-state index in [4.69, 9.17) is 4.74 Å². The molecule has 0 amide bonds. The van der Waals surface area contributed by atoms with E-state index in [9.17, 15) is 22.0 Å². The number of halogens is 2. The smallest absolute Gasteiger partial charge is 0.274 e. The molecule has 1 N–H and O–H groups in total. The number of H-pyrrole nitrogens is 1. The maximum Gasteiger partial charge on any atom is 0.274 e. The van der Waals surface area contributed by atoms with Gasteiger partial charge in [-0.15, -0.1) is 10.2 Å². The Bertz CT molecular complexity index is 2040. The van der Waals surface area contributed by atoms with E-state index in [-0.39, 0.29) is 22.0 Å². The summed E-state index contributed by atoms with van der Waals surface area (Å²) in [6.45, 7) is 6.21. The molecule has 13 heteroatoms. The van der Waals surface area contributed by atoms with Crippen molar-refractivity contribution in [2.45, 2.75) is 44.2 Å². The molecule has 44 heavy (non-hydrogen) atoms. The molecular weight excluding hydrogens is 590 g/mol. The summed E-state index contributed by atoms with van der Waals surface area (Å²) in [6, 6.07) is 9.41. The first-order valence-corrected chi connectivity index (χ1v) is 16.1. The Kier molecular flexibility index (Phi) is 7.62. The van der Waals surface area contributed by atoms with Crippen molar-refractivity contribution in [3.63, 3.8) is 0 Å². The lowest BCUT2D eigenvalue weighted by atomic mass is 10.0. The molecule has 1 aliphatic heterocycles. The Morgan fingerprint density at radius 3 is 2.32 bits per heavy atom. The Morgan fingerprint density at radius 2 is 1.66 bits per heavy atom. The van der Waals surface area contributed by atoms with Crippen LogP contribution < -0.4 is 10.3 Å². The van der Waals surface area contributed by atoms with Crippen LogP contribution in [0.5, 0.6) is 11.5 Å². The number of nitrogens with zero attached hydrogens (tertiary/aromatic N) is 5. The number of benzene rings is 2. The molecule has 0 spiro atoms. The third-order valence-corrected chi connectivity index (χ3v) is 9.27. The van der Waals surface area contributed by atoms with Crippen LogP contribution in [0.4, 0.5) is 8.78 Å². The van der Waals surface area contributed by atoms with Gasteiger partial charge in [-0.25, -0.2) is 17.2 Å². The third-order valence-electron chi connectivity index (χ3n) is 8.16. The lowest BCUT2D eigenvalue weighted by molar-refractivity contribution is 0.176. The van der Waals surface area contributed by atoms with E-state index in [1.165, 1.54) is 28.8 Å². The van der Waals surface area contributed by atoms with E-state index in [2.05, 4.69) is 24.6 Å². The lowest BCUT2D eigenvalue weighted by Gasteiger charge is -2.33. The van der Waals surface area contributed by atoms with Crippen LogP contribution in [0.15, 0.2) is 58.4 Å². The van der Waals surface area contributed by atoms with Gasteiger partial charge in [-0.3, -0.25) is 9.69 Å². The molecule has 0 atom stereocenters. The zero-order valence-corrected chi connectivity index (χ0v) is 25.6. The van der Waals surface area contributed by atoms with Crippen molar-refractivity contribution in [2.75, 3.05) is 19.3 Å². The van der Waals surface area contributed by atoms with E-state index >= 15 is 0 Å². The molecule has 230 valence electrons. The number of fused-ring (bicyclic) bond motifs is 1. The minimum Gasteiger partial charge on any atom is -0.454 e. The standard InChI is InChI=1S/C31H32F2N6O4S/c1-18-35-36-19(2)39(18)22-9-11-38(12-10-22)16-21-14-25-26(17-37(3)31(40)30(25)34-21)24-15-23(44(4,41)42)6-8-28(24)43-29-7-5-20(32)13-27(29)33/h5-8,13-15,17,22,34H,9-12,16H2,1-4H3. The maximum atomic E-state index is 14.6. The molecule has 4 heterocycles. The summed E-state index contributed by atoms with van der Waals surface area (Å²) in [5, 5.41) is 8.96. The van der Waals surface area contributed by atoms with Crippen molar-refractivity contribution in [1.82, 2.24) is 29.2 Å². The van der Waals surface area contributed by atoms with Crippen molar-refractivity contribution in [3.05, 3.63) is 88.0 Å². The van der Waals surface area contributed by atoms with Crippen LogP contribution in [0, 0.1) is 25.5 Å². The van der Waals surface area contributed by atoms with Crippen molar-refractivity contribution in [2.24, 2.45) is 7.05 Å². The van der Waals surface area contributed by atoms with Crippen LogP contribution in [-0.2, 0) is 23.4 Å². The van der Waals surface area contributed by atoms with Gasteiger partial charge < -0.3 is 18.9 Å². The zero-order chi connectivity index (χ0) is 31.3. The molecule has 10 nitrogen and oxygen atoms in total. The summed E-state index contributed by atoms with van der Waals surface area (Å²) >= 11 is 0. The Hall–Kier alpha value is -4.36. The fourth-order valence-electron chi connectivity index (χ4n) is 5.99. The highest BCUT2D eigenvalue weighted by molar-refractivity contribution is 7.90. The number of aromatic amines is 1. The fourth-order valence-corrected chi connectivity index (χ4v) is 6.63. The Balaban J connectivity index is 1.37. The molecule has 6 rings (SSSR count). The second-order valence-corrected chi connectivity index (χ2v) is 13.3. The number of aromatic nitrogens is 5. The number of likely N-dealkylation sites (tertiary alicyclic amines) is 1. The van der Waals surface area contributed by atoms with Crippen LogP contribution in [-0.4, -0.2) is 57.0 Å². The van der Waals surface area contributed by atoms with E-state index in [0.717, 1.165) is 55.6 Å². The highest BCUT2D eigenvalue weighted by Crippen LogP contribution is 2.39. The van der Waals surface area contributed by atoms with E-state index in [1.807, 2.05) is 19.9 Å². The van der Waals surface area contributed by atoms with Gasteiger partial charge in [0, 0.05) is 73.4 Å². The van der Waals surface area contributed by atoms with Gasteiger partial charge in [-0.2, -0.15) is 0 Å². The summed E-state index contributed by atoms with van der Waals surface area (Å²) in [5.74, 6) is 0.0743. The Labute approximate surface area is 252 Å². The van der Waals surface area contributed by atoms with Crippen LogP contribution >= 0.6 is 0 Å². The molecule has 1 aliphatic rings. The van der Waals surface area contributed by atoms with Crippen molar-refractivity contribution in [1.29, 1.82) is 0 Å². The number of piperidine rings is 1. The third kappa shape index (κ3) is 5.64. The average Bonchev–Trinajstić information content (AvgIpc) is 3.55. The molecule has 3 aromatic heterocycles. The first-order chi connectivity index (χ1) is 20.9. The number of nitrogens with one attached hydrogen (secondary N) is 1. The average molecular weight is 623 g/mol. The predicted octanol–water partition coefficient (Wildman–Crippen LogP) is 5.05. The number of rotatable bonds is 7. The van der Waals surface area contributed by atoms with Gasteiger partial charge in [-0.1, -0.05) is 0 Å². The summed E-state index contributed by atoms with van der Waals surface area (Å²) in [4.78, 5) is 18.9. The predicted molar refractivity (Wildman–Crippen MR) is 162 cm³/mol. The molecule has 5 aromatic rings. The van der Waals surface area contributed by atoms with Crippen LogP contribution in [0.3, 0.4) is 0 Å². The van der Waals surface area contributed by atoms with Crippen LogP contribution in [0.2, 0.25) is 0 Å². The van der Waals surface area contributed by atoms with Crippen molar-refractivity contribution < 1.29 is 21.9 Å². The molecule has 0 bridgehead atoms. The van der Waals surface area contributed by atoms with E-state index < -0.39 is 21.5 Å². The quantitative estimate of drug-likeness (QED) is 0.270. The fraction of sp³-hybridized carbons (Fsp3) is 0.323. The Morgan fingerprint density at radius 1 is 0.977 bits per heavy atom. The monoisotopic (exact) mass is 622 g/mol. The van der Waals surface area contributed by atoms with Gasteiger partial charge in [0.25, 0.3) is 5.56 Å². The first-order valence-electron chi connectivity index (χ1n) is 14.2. The SMILES string of the molecule is Cc1nnc(C)n1C1CCN(Cc2cc3c(-c4cc(S(C)(=O)=O)ccc4Oc4ccc(F)cc4F)cn(C)c(=O)c3[nH]2)CC1. The summed E-state index contributed by atoms with van der Waals surface area (Å²) < 4.78 is 62.6. The second-order valence-electron chi connectivity index (χ2n) is 11.3. The number of pyridine rings is 1. The van der Waals surface area contributed by atoms with Gasteiger partial charge in [-0.05, 0) is 63.1 Å². The minimum absolute atomic E-state index is 0.0265. The van der Waals surface area contributed by atoms with Gasteiger partial charge in [0.2, 0.25) is 0 Å². The lowest BCUT2D eigenvalue weighted by Crippen LogP contribution is -2.34. The van der Waals surface area contributed by atoms with Crippen molar-refractivity contribution in [3.8, 4) is 22.6 Å². The zero-order valence-electron chi connectivity index (χ0n) is 24.8. The highest BCUT2D eigenvalue weighted by Gasteiger charge is 2.25. The molecule has 0 unspecified atom stereocenters. The largest absolute Gasteiger partial charge is 0.454 e. The van der Waals surface area contributed by atoms with Gasteiger partial charge in [0.15, 0.2) is 21.4 Å². The molecule has 0 radical (unpaired) electrons. The van der Waals surface area contributed by atoms with Gasteiger partial charge in [0.05, 0.1) is 4.90 Å². The molecule has 2 aromatic carbocycles.